The van der Waals surface area contributed by atoms with E-state index in [2.05, 4.69) is 49.5 Å². The third-order valence-electron chi connectivity index (χ3n) is 6.66. The molecule has 1 unspecified atom stereocenters. The van der Waals surface area contributed by atoms with Crippen molar-refractivity contribution in [2.24, 2.45) is 11.3 Å². The zero-order valence-electron chi connectivity index (χ0n) is 23.2. The number of pyridine rings is 2. The number of hydrogen-bond acceptors (Lipinski definition) is 7. The molecule has 3 heterocycles. The fourth-order valence-corrected chi connectivity index (χ4v) is 4.74. The number of aryl methyl sites for hydroxylation is 1. The molecule has 1 N–H and O–H groups in total. The number of piperidine rings is 1. The monoisotopic (exact) mass is 497 g/mol. The molecule has 7 heteroatoms. The minimum absolute atomic E-state index is 0.0350. The van der Waals surface area contributed by atoms with Crippen LogP contribution in [0.2, 0.25) is 0 Å². The van der Waals surface area contributed by atoms with Crippen molar-refractivity contribution in [1.29, 1.82) is 0 Å². The number of carbonyl (C=O) groups excluding carboxylic acids is 1. The molecule has 0 spiro atoms. The van der Waals surface area contributed by atoms with Crippen LogP contribution in [-0.4, -0.2) is 46.0 Å². The summed E-state index contributed by atoms with van der Waals surface area (Å²) >= 11 is 0. The van der Waals surface area contributed by atoms with E-state index in [1.165, 1.54) is 13.8 Å². The number of anilines is 1. The normalized spacial score (nSPS) is 16.7. The molecule has 36 heavy (non-hydrogen) atoms. The number of esters is 1. The fraction of sp³-hybridized carbons (Fsp3) is 0.621. The molecule has 0 saturated carbocycles. The molecule has 0 amide bonds. The van der Waals surface area contributed by atoms with Crippen molar-refractivity contribution in [3.05, 3.63) is 35.8 Å². The maximum absolute atomic E-state index is 12.7. The van der Waals surface area contributed by atoms with Crippen molar-refractivity contribution < 1.29 is 19.4 Å². The molecule has 3 rings (SSSR count). The molecule has 2 aromatic heterocycles. The number of rotatable bonds is 9. The Morgan fingerprint density at radius 3 is 2.36 bits per heavy atom. The average Bonchev–Trinajstić information content (AvgIpc) is 2.74. The lowest BCUT2D eigenvalue weighted by atomic mass is 9.82. The molecule has 1 fully saturated rings. The SMILES string of the molecule is Cc1ncc(-c2ccc(OC(C)CC(C)C)nc2)c(N2CCC(C)(C)CC2)c1CC(=O)OC(C)(C)O. The van der Waals surface area contributed by atoms with Crippen LogP contribution < -0.4 is 9.64 Å². The molecule has 2 aromatic rings. The average molecular weight is 498 g/mol. The van der Waals surface area contributed by atoms with E-state index < -0.39 is 11.8 Å². The first kappa shape index (κ1) is 27.9. The van der Waals surface area contributed by atoms with Gasteiger partial charge >= 0.3 is 5.97 Å². The second-order valence-electron chi connectivity index (χ2n) is 11.8. The van der Waals surface area contributed by atoms with Crippen LogP contribution in [0.3, 0.4) is 0 Å². The van der Waals surface area contributed by atoms with E-state index in [4.69, 9.17) is 9.47 Å². The Balaban J connectivity index is 1.98. The van der Waals surface area contributed by atoms with E-state index in [-0.39, 0.29) is 17.9 Å². The second-order valence-corrected chi connectivity index (χ2v) is 11.8. The molecule has 7 nitrogen and oxygen atoms in total. The quantitative estimate of drug-likeness (QED) is 0.351. The van der Waals surface area contributed by atoms with Crippen molar-refractivity contribution in [1.82, 2.24) is 9.97 Å². The maximum Gasteiger partial charge on any atom is 0.312 e. The summed E-state index contributed by atoms with van der Waals surface area (Å²) in [4.78, 5) is 24.3. The van der Waals surface area contributed by atoms with Crippen LogP contribution in [0.25, 0.3) is 11.1 Å². The number of aromatic nitrogens is 2. The highest BCUT2D eigenvalue weighted by Gasteiger charge is 2.30. The van der Waals surface area contributed by atoms with Crippen LogP contribution in [-0.2, 0) is 16.0 Å². The van der Waals surface area contributed by atoms with Crippen LogP contribution in [0.15, 0.2) is 24.5 Å². The number of aliphatic hydroxyl groups is 1. The Kier molecular flexibility index (Phi) is 8.65. The zero-order chi connectivity index (χ0) is 26.7. The molecule has 198 valence electrons. The predicted octanol–water partition coefficient (Wildman–Crippen LogP) is 5.71. The summed E-state index contributed by atoms with van der Waals surface area (Å²) in [6.07, 6.45) is 6.89. The van der Waals surface area contributed by atoms with Gasteiger partial charge in [-0.15, -0.1) is 0 Å². The van der Waals surface area contributed by atoms with Gasteiger partial charge in [0.15, 0.2) is 0 Å². The Bertz CT molecular complexity index is 1030. The summed E-state index contributed by atoms with van der Waals surface area (Å²) in [5.41, 5.74) is 4.73. The van der Waals surface area contributed by atoms with E-state index in [1.807, 2.05) is 31.5 Å². The van der Waals surface area contributed by atoms with Crippen LogP contribution in [0.5, 0.6) is 5.88 Å². The predicted molar refractivity (Wildman–Crippen MR) is 143 cm³/mol. The maximum atomic E-state index is 12.7. The molecule has 0 radical (unpaired) electrons. The van der Waals surface area contributed by atoms with E-state index >= 15 is 0 Å². The molecular formula is C29H43N3O4. The molecule has 0 aromatic carbocycles. The van der Waals surface area contributed by atoms with Crippen molar-refractivity contribution in [3.8, 4) is 17.0 Å². The summed E-state index contributed by atoms with van der Waals surface area (Å²) in [5.74, 6) is -0.861. The van der Waals surface area contributed by atoms with Crippen molar-refractivity contribution >= 4 is 11.7 Å². The van der Waals surface area contributed by atoms with E-state index in [1.54, 1.807) is 0 Å². The third kappa shape index (κ3) is 7.66. The van der Waals surface area contributed by atoms with Crippen LogP contribution in [0, 0.1) is 18.3 Å². The highest BCUT2D eigenvalue weighted by atomic mass is 16.7. The molecular weight excluding hydrogens is 454 g/mol. The largest absolute Gasteiger partial charge is 0.475 e. The van der Waals surface area contributed by atoms with Crippen molar-refractivity contribution in [2.45, 2.75) is 93.0 Å². The van der Waals surface area contributed by atoms with Gasteiger partial charge in [-0.2, -0.15) is 0 Å². The standard InChI is InChI=1S/C29H43N3O4/c1-19(2)15-20(3)35-25-10-9-22(17-31-25)24-18-30-21(4)23(16-26(33)36-29(7,8)34)27(24)32-13-11-28(5,6)12-14-32/h9-10,17-20,34H,11-16H2,1-8H3. The summed E-state index contributed by atoms with van der Waals surface area (Å²) in [6, 6.07) is 3.91. The van der Waals surface area contributed by atoms with Gasteiger partial charge in [0.2, 0.25) is 11.7 Å². The summed E-state index contributed by atoms with van der Waals surface area (Å²) in [5, 5.41) is 9.99. The Labute approximate surface area is 216 Å². The lowest BCUT2D eigenvalue weighted by Crippen LogP contribution is -2.38. The highest BCUT2D eigenvalue weighted by molar-refractivity contribution is 5.85. The van der Waals surface area contributed by atoms with Crippen LogP contribution >= 0.6 is 0 Å². The summed E-state index contributed by atoms with van der Waals surface area (Å²) in [6.45, 7) is 17.6. The van der Waals surface area contributed by atoms with Gasteiger partial charge in [-0.1, -0.05) is 27.7 Å². The number of carbonyl (C=O) groups is 1. The van der Waals surface area contributed by atoms with Gasteiger partial charge < -0.3 is 19.5 Å². The van der Waals surface area contributed by atoms with Gasteiger partial charge in [0, 0.05) is 67.8 Å². The summed E-state index contributed by atoms with van der Waals surface area (Å²) < 4.78 is 11.2. The van der Waals surface area contributed by atoms with E-state index in [0.717, 1.165) is 60.4 Å². The first-order valence-corrected chi connectivity index (χ1v) is 13.0. The topological polar surface area (TPSA) is 84.8 Å². The zero-order valence-corrected chi connectivity index (χ0v) is 23.2. The summed E-state index contributed by atoms with van der Waals surface area (Å²) in [7, 11) is 0. The molecule has 1 aliphatic rings. The van der Waals surface area contributed by atoms with Gasteiger partial charge in [-0.05, 0) is 50.5 Å². The molecule has 1 atom stereocenters. The molecule has 0 bridgehead atoms. The lowest BCUT2D eigenvalue weighted by molar-refractivity contribution is -0.194. The van der Waals surface area contributed by atoms with Crippen LogP contribution in [0.1, 0.15) is 79.0 Å². The first-order valence-electron chi connectivity index (χ1n) is 13.0. The number of hydrogen-bond donors (Lipinski definition) is 1. The Morgan fingerprint density at radius 1 is 1.14 bits per heavy atom. The molecule has 1 aliphatic heterocycles. The van der Waals surface area contributed by atoms with E-state index in [0.29, 0.717) is 11.8 Å². The van der Waals surface area contributed by atoms with Gasteiger partial charge in [0.05, 0.1) is 18.2 Å². The fourth-order valence-electron chi connectivity index (χ4n) is 4.74. The third-order valence-corrected chi connectivity index (χ3v) is 6.66. The van der Waals surface area contributed by atoms with Crippen LogP contribution in [0.4, 0.5) is 5.69 Å². The van der Waals surface area contributed by atoms with Gasteiger partial charge in [0.25, 0.3) is 0 Å². The van der Waals surface area contributed by atoms with E-state index in [9.17, 15) is 9.90 Å². The highest BCUT2D eigenvalue weighted by Crippen LogP contribution is 2.40. The number of ether oxygens (including phenoxy) is 2. The Morgan fingerprint density at radius 2 is 1.81 bits per heavy atom. The minimum atomic E-state index is -1.53. The van der Waals surface area contributed by atoms with Crippen molar-refractivity contribution in [3.63, 3.8) is 0 Å². The smallest absolute Gasteiger partial charge is 0.312 e. The van der Waals surface area contributed by atoms with Gasteiger partial charge in [-0.3, -0.25) is 9.78 Å². The molecule has 1 saturated heterocycles. The molecule has 0 aliphatic carbocycles. The van der Waals surface area contributed by atoms with Gasteiger partial charge in [0.1, 0.15) is 0 Å². The number of nitrogens with zero attached hydrogens (tertiary/aromatic N) is 3. The second kappa shape index (κ2) is 11.2. The first-order chi connectivity index (χ1) is 16.7. The lowest BCUT2D eigenvalue weighted by Gasteiger charge is -2.40. The Hall–Kier alpha value is -2.67. The van der Waals surface area contributed by atoms with Gasteiger partial charge in [-0.25, -0.2) is 4.98 Å². The minimum Gasteiger partial charge on any atom is -0.475 e. The van der Waals surface area contributed by atoms with Crippen molar-refractivity contribution in [2.75, 3.05) is 18.0 Å².